The van der Waals surface area contributed by atoms with E-state index in [-0.39, 0.29) is 10.6 Å². The molecule has 0 aromatic heterocycles. The van der Waals surface area contributed by atoms with E-state index in [4.69, 9.17) is 5.73 Å². The first-order chi connectivity index (χ1) is 8.63. The molecule has 1 saturated carbocycles. The van der Waals surface area contributed by atoms with Crippen molar-refractivity contribution in [3.63, 3.8) is 0 Å². The van der Waals surface area contributed by atoms with Crippen LogP contribution >= 0.6 is 0 Å². The summed E-state index contributed by atoms with van der Waals surface area (Å²) in [5.74, 6) is 0.669. The van der Waals surface area contributed by atoms with E-state index in [1.807, 2.05) is 19.2 Å². The highest BCUT2D eigenvalue weighted by Gasteiger charge is 2.33. The third-order valence-corrected chi connectivity index (χ3v) is 3.58. The highest BCUT2D eigenvalue weighted by atomic mass is 16.6. The number of para-hydroxylation sites is 1. The molecule has 0 bridgehead atoms. The van der Waals surface area contributed by atoms with Gasteiger partial charge in [0.15, 0.2) is 0 Å². The predicted molar refractivity (Wildman–Crippen MR) is 70.1 cm³/mol. The normalized spacial score (nSPS) is 16.8. The van der Waals surface area contributed by atoms with Crippen LogP contribution in [-0.4, -0.2) is 29.5 Å². The second kappa shape index (κ2) is 5.46. The lowest BCUT2D eigenvalue weighted by atomic mass is 10.1. The first-order valence-electron chi connectivity index (χ1n) is 6.26. The molecule has 5 heteroatoms. The minimum absolute atomic E-state index is 0.191. The molecule has 1 atom stereocenters. The van der Waals surface area contributed by atoms with Crippen LogP contribution in [0.1, 0.15) is 18.4 Å². The van der Waals surface area contributed by atoms with Crippen molar-refractivity contribution < 1.29 is 4.92 Å². The van der Waals surface area contributed by atoms with E-state index >= 15 is 0 Å². The largest absolute Gasteiger partial charge is 0.329 e. The van der Waals surface area contributed by atoms with Gasteiger partial charge in [-0.1, -0.05) is 18.2 Å². The predicted octanol–water partition coefficient (Wildman–Crippen LogP) is 1.76. The molecule has 2 N–H and O–H groups in total. The highest BCUT2D eigenvalue weighted by molar-refractivity contribution is 5.39. The number of nitro groups is 1. The van der Waals surface area contributed by atoms with Crippen LogP contribution in [0.2, 0.25) is 0 Å². The minimum Gasteiger partial charge on any atom is -0.329 e. The molecule has 1 unspecified atom stereocenters. The van der Waals surface area contributed by atoms with Gasteiger partial charge in [0, 0.05) is 30.8 Å². The molecule has 1 fully saturated rings. The number of rotatable bonds is 6. The maximum Gasteiger partial charge on any atom is 0.273 e. The van der Waals surface area contributed by atoms with Crippen molar-refractivity contribution in [1.29, 1.82) is 0 Å². The van der Waals surface area contributed by atoms with Gasteiger partial charge in [0.1, 0.15) is 0 Å². The molecule has 1 aliphatic rings. The van der Waals surface area contributed by atoms with Gasteiger partial charge in [-0.15, -0.1) is 0 Å². The molecule has 0 aliphatic heterocycles. The van der Waals surface area contributed by atoms with Gasteiger partial charge in [-0.2, -0.15) is 0 Å². The summed E-state index contributed by atoms with van der Waals surface area (Å²) in [7, 11) is 1.99. The van der Waals surface area contributed by atoms with E-state index < -0.39 is 0 Å². The molecule has 0 radical (unpaired) electrons. The van der Waals surface area contributed by atoms with E-state index in [0.29, 0.717) is 25.0 Å². The molecule has 2 rings (SSSR count). The van der Waals surface area contributed by atoms with Gasteiger partial charge in [0.05, 0.1) is 4.92 Å². The van der Waals surface area contributed by atoms with Crippen LogP contribution in [0.5, 0.6) is 0 Å². The molecule has 18 heavy (non-hydrogen) atoms. The second-order valence-electron chi connectivity index (χ2n) is 4.94. The van der Waals surface area contributed by atoms with E-state index in [2.05, 4.69) is 4.90 Å². The van der Waals surface area contributed by atoms with Crippen LogP contribution in [0.3, 0.4) is 0 Å². The fourth-order valence-corrected chi connectivity index (χ4v) is 2.42. The maximum atomic E-state index is 11.0. The third-order valence-electron chi connectivity index (χ3n) is 3.58. The van der Waals surface area contributed by atoms with Crippen molar-refractivity contribution in [3.8, 4) is 0 Å². The zero-order valence-corrected chi connectivity index (χ0v) is 10.6. The molecular weight excluding hydrogens is 230 g/mol. The number of likely N-dealkylation sites (N-methyl/N-ethyl adjacent to an activating group) is 1. The molecule has 1 aliphatic carbocycles. The molecule has 1 aromatic rings. The van der Waals surface area contributed by atoms with Crippen LogP contribution in [-0.2, 0) is 6.54 Å². The number of benzene rings is 1. The Hall–Kier alpha value is -1.46. The Morgan fingerprint density at radius 1 is 1.50 bits per heavy atom. The monoisotopic (exact) mass is 249 g/mol. The fraction of sp³-hybridized carbons (Fsp3) is 0.538. The van der Waals surface area contributed by atoms with Crippen LogP contribution in [0.15, 0.2) is 24.3 Å². The van der Waals surface area contributed by atoms with E-state index in [1.165, 1.54) is 12.8 Å². The second-order valence-corrected chi connectivity index (χ2v) is 4.94. The van der Waals surface area contributed by atoms with Crippen molar-refractivity contribution in [2.75, 3.05) is 13.6 Å². The average Bonchev–Trinajstić information content (AvgIpc) is 3.15. The first kappa shape index (κ1) is 13.0. The number of nitrogens with zero attached hydrogens (tertiary/aromatic N) is 2. The molecule has 0 amide bonds. The number of nitro benzene ring substituents is 1. The average molecular weight is 249 g/mol. The minimum atomic E-state index is -0.322. The lowest BCUT2D eigenvalue weighted by Gasteiger charge is -2.26. The topological polar surface area (TPSA) is 72.4 Å². The number of hydrogen-bond acceptors (Lipinski definition) is 4. The smallest absolute Gasteiger partial charge is 0.273 e. The van der Waals surface area contributed by atoms with E-state index in [0.717, 1.165) is 5.56 Å². The Balaban J connectivity index is 2.10. The van der Waals surface area contributed by atoms with Gasteiger partial charge in [-0.25, -0.2) is 0 Å². The van der Waals surface area contributed by atoms with Crippen LogP contribution in [0, 0.1) is 16.0 Å². The summed E-state index contributed by atoms with van der Waals surface area (Å²) in [4.78, 5) is 12.8. The number of hydrogen-bond donors (Lipinski definition) is 1. The molecule has 0 heterocycles. The van der Waals surface area contributed by atoms with Crippen molar-refractivity contribution >= 4 is 5.69 Å². The van der Waals surface area contributed by atoms with E-state index in [1.54, 1.807) is 12.1 Å². The Bertz CT molecular complexity index is 432. The van der Waals surface area contributed by atoms with Gasteiger partial charge in [0.2, 0.25) is 0 Å². The summed E-state index contributed by atoms with van der Waals surface area (Å²) in [6, 6.07) is 7.24. The summed E-state index contributed by atoms with van der Waals surface area (Å²) < 4.78 is 0. The Labute approximate surface area is 107 Å². The van der Waals surface area contributed by atoms with Crippen molar-refractivity contribution in [2.45, 2.75) is 25.4 Å². The lowest BCUT2D eigenvalue weighted by Crippen LogP contribution is -2.39. The number of nitrogens with two attached hydrogens (primary N) is 1. The summed E-state index contributed by atoms with van der Waals surface area (Å²) in [5, 5.41) is 11.0. The van der Waals surface area contributed by atoms with Gasteiger partial charge in [-0.05, 0) is 25.8 Å². The SMILES string of the molecule is CN(Cc1ccccc1[N+](=O)[O-])C(CN)C1CC1. The zero-order valence-electron chi connectivity index (χ0n) is 10.6. The van der Waals surface area contributed by atoms with Crippen molar-refractivity contribution in [2.24, 2.45) is 11.7 Å². The molecule has 5 nitrogen and oxygen atoms in total. The Morgan fingerprint density at radius 2 is 2.17 bits per heavy atom. The van der Waals surface area contributed by atoms with Gasteiger partial charge in [-0.3, -0.25) is 15.0 Å². The van der Waals surface area contributed by atoms with E-state index in [9.17, 15) is 10.1 Å². The summed E-state index contributed by atoms with van der Waals surface area (Å²) >= 11 is 0. The fourth-order valence-electron chi connectivity index (χ4n) is 2.42. The van der Waals surface area contributed by atoms with Crippen LogP contribution < -0.4 is 5.73 Å². The highest BCUT2D eigenvalue weighted by Crippen LogP contribution is 2.35. The van der Waals surface area contributed by atoms with Crippen LogP contribution in [0.25, 0.3) is 0 Å². The Morgan fingerprint density at radius 3 is 2.72 bits per heavy atom. The molecular formula is C13H19N3O2. The third kappa shape index (κ3) is 2.86. The molecule has 0 saturated heterocycles. The van der Waals surface area contributed by atoms with Crippen LogP contribution in [0.4, 0.5) is 5.69 Å². The van der Waals surface area contributed by atoms with Gasteiger partial charge < -0.3 is 5.73 Å². The summed E-state index contributed by atoms with van der Waals surface area (Å²) in [6.45, 7) is 1.19. The summed E-state index contributed by atoms with van der Waals surface area (Å²) in [6.07, 6.45) is 2.45. The van der Waals surface area contributed by atoms with Crippen molar-refractivity contribution in [1.82, 2.24) is 4.90 Å². The standard InChI is InChI=1S/C13H19N3O2/c1-15(13(8-14)10-6-7-10)9-11-4-2-3-5-12(11)16(17)18/h2-5,10,13H,6-9,14H2,1H3. The first-order valence-corrected chi connectivity index (χ1v) is 6.26. The molecule has 1 aromatic carbocycles. The van der Waals surface area contributed by atoms with Gasteiger partial charge in [0.25, 0.3) is 5.69 Å². The maximum absolute atomic E-state index is 11.0. The lowest BCUT2D eigenvalue weighted by molar-refractivity contribution is -0.385. The Kier molecular flexibility index (Phi) is 3.93. The quantitative estimate of drug-likeness (QED) is 0.616. The summed E-state index contributed by atoms with van der Waals surface area (Å²) in [5.41, 5.74) is 6.74. The van der Waals surface area contributed by atoms with Crippen molar-refractivity contribution in [3.05, 3.63) is 39.9 Å². The molecule has 0 spiro atoms. The molecule has 98 valence electrons. The zero-order chi connectivity index (χ0) is 13.1. The van der Waals surface area contributed by atoms with Gasteiger partial charge >= 0.3 is 0 Å².